The molecule has 0 unspecified atom stereocenters. The van der Waals surface area contributed by atoms with Crippen LogP contribution in [-0.4, -0.2) is 16.1 Å². The van der Waals surface area contributed by atoms with Crippen molar-refractivity contribution in [2.24, 2.45) is 0 Å². The molecule has 1 aromatic heterocycles. The summed E-state index contributed by atoms with van der Waals surface area (Å²) in [6.45, 7) is 13.1. The van der Waals surface area contributed by atoms with Crippen molar-refractivity contribution in [3.05, 3.63) is 50.5 Å². The van der Waals surface area contributed by atoms with Gasteiger partial charge in [-0.1, -0.05) is 43.1 Å². The summed E-state index contributed by atoms with van der Waals surface area (Å²) in [4.78, 5) is 19.5. The molecule has 0 fully saturated rings. The summed E-state index contributed by atoms with van der Waals surface area (Å²) in [5.41, 5.74) is 4.43. The predicted molar refractivity (Wildman–Crippen MR) is 106 cm³/mol. The van der Waals surface area contributed by atoms with Crippen LogP contribution in [0.15, 0.2) is 23.1 Å². The van der Waals surface area contributed by atoms with Crippen LogP contribution in [0.3, 0.4) is 0 Å². The van der Waals surface area contributed by atoms with Crippen molar-refractivity contribution in [2.75, 3.05) is 11.4 Å². The fraction of sp³-hybridized carbons (Fsp3) is 0.500. The van der Waals surface area contributed by atoms with E-state index in [1.54, 1.807) is 10.8 Å². The van der Waals surface area contributed by atoms with Crippen molar-refractivity contribution >= 4 is 23.1 Å². The van der Waals surface area contributed by atoms with Crippen LogP contribution in [0.5, 0.6) is 0 Å². The zero-order valence-corrected chi connectivity index (χ0v) is 16.8. The molecule has 0 aliphatic heterocycles. The summed E-state index contributed by atoms with van der Waals surface area (Å²) in [6, 6.07) is 4.40. The molecule has 1 heterocycles. The maximum atomic E-state index is 13.1. The highest BCUT2D eigenvalue weighted by Crippen LogP contribution is 2.30. The van der Waals surface area contributed by atoms with E-state index < -0.39 is 0 Å². The zero-order valence-electron chi connectivity index (χ0n) is 16.1. The van der Waals surface area contributed by atoms with Gasteiger partial charge in [0.2, 0.25) is 5.82 Å². The third kappa shape index (κ3) is 3.90. The second kappa shape index (κ2) is 8.05. The van der Waals surface area contributed by atoms with Crippen molar-refractivity contribution in [3.63, 3.8) is 0 Å². The van der Waals surface area contributed by atoms with Gasteiger partial charge in [-0.25, -0.2) is 4.98 Å². The Morgan fingerprint density at radius 1 is 1.12 bits per heavy atom. The lowest BCUT2D eigenvalue weighted by molar-refractivity contribution is 0.456. The fourth-order valence-electron chi connectivity index (χ4n) is 3.61. The first-order chi connectivity index (χ1) is 11.8. The maximum Gasteiger partial charge on any atom is 0.294 e. The Balaban J connectivity index is 2.69. The molecule has 0 aliphatic rings. The molecular weight excluding hydrogens is 334 g/mol. The summed E-state index contributed by atoms with van der Waals surface area (Å²) in [5, 5.41) is 0.349. The van der Waals surface area contributed by atoms with Gasteiger partial charge in [0, 0.05) is 24.5 Å². The highest BCUT2D eigenvalue weighted by molar-refractivity contribution is 6.29. The second-order valence-corrected chi connectivity index (χ2v) is 6.95. The van der Waals surface area contributed by atoms with E-state index in [1.165, 1.54) is 5.56 Å². The predicted octanol–water partition coefficient (Wildman–Crippen LogP) is 5.34. The van der Waals surface area contributed by atoms with Gasteiger partial charge in [0.1, 0.15) is 5.15 Å². The summed E-state index contributed by atoms with van der Waals surface area (Å²) >= 11 is 6.28. The van der Waals surface area contributed by atoms with E-state index >= 15 is 0 Å². The number of hydrogen-bond donors (Lipinski definition) is 0. The van der Waals surface area contributed by atoms with Crippen LogP contribution in [0.2, 0.25) is 5.15 Å². The van der Waals surface area contributed by atoms with E-state index in [4.69, 9.17) is 11.6 Å². The average molecular weight is 362 g/mol. The maximum absolute atomic E-state index is 13.1. The minimum atomic E-state index is -0.0840. The van der Waals surface area contributed by atoms with Crippen LogP contribution >= 0.6 is 11.6 Å². The summed E-state index contributed by atoms with van der Waals surface area (Å²) in [5.74, 6) is 0.400. The van der Waals surface area contributed by atoms with Crippen LogP contribution in [0, 0.1) is 20.8 Å². The van der Waals surface area contributed by atoms with Gasteiger partial charge in [-0.15, -0.1) is 0 Å². The quantitative estimate of drug-likeness (QED) is 0.696. The number of aromatic nitrogens is 2. The highest BCUT2D eigenvalue weighted by atomic mass is 35.5. The number of aryl methyl sites for hydroxylation is 3. The molecule has 0 saturated heterocycles. The number of anilines is 2. The van der Waals surface area contributed by atoms with E-state index in [0.717, 1.165) is 29.7 Å². The third-order valence-corrected chi connectivity index (χ3v) is 4.88. The van der Waals surface area contributed by atoms with Gasteiger partial charge in [0.15, 0.2) is 0 Å². The molecule has 4 nitrogen and oxygen atoms in total. The van der Waals surface area contributed by atoms with Gasteiger partial charge >= 0.3 is 0 Å². The largest absolute Gasteiger partial charge is 0.322 e. The average Bonchev–Trinajstić information content (AvgIpc) is 2.55. The molecule has 0 atom stereocenters. The summed E-state index contributed by atoms with van der Waals surface area (Å²) in [7, 11) is 0. The molecule has 0 aliphatic carbocycles. The molecule has 1 aromatic carbocycles. The van der Waals surface area contributed by atoms with E-state index in [0.29, 0.717) is 17.5 Å². The van der Waals surface area contributed by atoms with Crippen LogP contribution in [-0.2, 0) is 0 Å². The van der Waals surface area contributed by atoms with E-state index in [1.807, 2.05) is 11.8 Å². The SMILES string of the molecule is CCC(CC)n1cc(Cl)nc(N(CC)c2c(C)cc(C)cc2C)c1=O. The van der Waals surface area contributed by atoms with Crippen LogP contribution in [0.25, 0.3) is 0 Å². The second-order valence-electron chi connectivity index (χ2n) is 6.56. The lowest BCUT2D eigenvalue weighted by Crippen LogP contribution is -2.33. The molecule has 2 aromatic rings. The Labute approximate surface area is 155 Å². The first kappa shape index (κ1) is 19.5. The highest BCUT2D eigenvalue weighted by Gasteiger charge is 2.21. The van der Waals surface area contributed by atoms with Crippen molar-refractivity contribution < 1.29 is 0 Å². The lowest BCUT2D eigenvalue weighted by atomic mass is 10.0. The third-order valence-electron chi connectivity index (χ3n) is 4.70. The number of rotatable bonds is 6. The van der Waals surface area contributed by atoms with Gasteiger partial charge in [0.05, 0.1) is 0 Å². The Morgan fingerprint density at radius 3 is 2.16 bits per heavy atom. The van der Waals surface area contributed by atoms with Gasteiger partial charge in [-0.3, -0.25) is 4.79 Å². The Kier molecular flexibility index (Phi) is 6.28. The van der Waals surface area contributed by atoms with E-state index in [9.17, 15) is 4.79 Å². The molecule has 0 radical (unpaired) electrons. The minimum absolute atomic E-state index is 0.0840. The Morgan fingerprint density at radius 2 is 1.68 bits per heavy atom. The van der Waals surface area contributed by atoms with E-state index in [2.05, 4.69) is 51.7 Å². The first-order valence-electron chi connectivity index (χ1n) is 8.97. The van der Waals surface area contributed by atoms with E-state index in [-0.39, 0.29) is 11.6 Å². The normalized spacial score (nSPS) is 11.2. The molecule has 0 N–H and O–H groups in total. The van der Waals surface area contributed by atoms with Gasteiger partial charge in [0.25, 0.3) is 5.56 Å². The standard InChI is InChI=1S/C20H28ClN3O/c1-7-16(8-2)24-12-17(21)22-19(20(24)25)23(9-3)18-14(5)10-13(4)11-15(18)6/h10-12,16H,7-9H2,1-6H3. The molecule has 0 saturated carbocycles. The van der Waals surface area contributed by atoms with Crippen LogP contribution in [0.4, 0.5) is 11.5 Å². The number of halogens is 1. The summed E-state index contributed by atoms with van der Waals surface area (Å²) in [6.07, 6.45) is 3.42. The monoisotopic (exact) mass is 361 g/mol. The van der Waals surface area contributed by atoms with Crippen molar-refractivity contribution in [3.8, 4) is 0 Å². The fourth-order valence-corrected chi connectivity index (χ4v) is 3.79. The molecule has 2 rings (SSSR count). The number of hydrogen-bond acceptors (Lipinski definition) is 3. The number of nitrogens with zero attached hydrogens (tertiary/aromatic N) is 3. The zero-order chi connectivity index (χ0) is 18.7. The minimum Gasteiger partial charge on any atom is -0.322 e. The number of benzene rings is 1. The lowest BCUT2D eigenvalue weighted by Gasteiger charge is -2.27. The van der Waals surface area contributed by atoms with Crippen LogP contribution in [0.1, 0.15) is 56.3 Å². The molecule has 0 spiro atoms. The Hall–Kier alpha value is -1.81. The van der Waals surface area contributed by atoms with Gasteiger partial charge in [-0.05, 0) is 51.7 Å². The Bertz CT molecular complexity index is 786. The van der Waals surface area contributed by atoms with Crippen molar-refractivity contribution in [1.29, 1.82) is 0 Å². The smallest absolute Gasteiger partial charge is 0.294 e. The van der Waals surface area contributed by atoms with Gasteiger partial charge in [-0.2, -0.15) is 0 Å². The van der Waals surface area contributed by atoms with Crippen molar-refractivity contribution in [2.45, 2.75) is 60.4 Å². The summed E-state index contributed by atoms with van der Waals surface area (Å²) < 4.78 is 1.74. The van der Waals surface area contributed by atoms with Gasteiger partial charge < -0.3 is 9.47 Å². The molecular formula is C20H28ClN3O. The van der Waals surface area contributed by atoms with Crippen LogP contribution < -0.4 is 10.5 Å². The molecule has 25 heavy (non-hydrogen) atoms. The molecule has 5 heteroatoms. The van der Waals surface area contributed by atoms with Crippen molar-refractivity contribution in [1.82, 2.24) is 9.55 Å². The topological polar surface area (TPSA) is 38.1 Å². The molecule has 136 valence electrons. The first-order valence-corrected chi connectivity index (χ1v) is 9.35. The molecule has 0 amide bonds. The molecule has 0 bridgehead atoms.